The number of esters is 1. The molecular weight excluding hydrogens is 447 g/mol. The molecule has 0 fully saturated rings. The average molecular weight is 467 g/mol. The van der Waals surface area contributed by atoms with E-state index < -0.39 is 46.2 Å². The molecule has 0 aliphatic carbocycles. The van der Waals surface area contributed by atoms with Crippen LogP contribution in [0.3, 0.4) is 0 Å². The molecule has 138 valence electrons. The van der Waals surface area contributed by atoms with E-state index in [9.17, 15) is 23.5 Å². The number of hydrogen-bond donors (Lipinski definition) is 2. The Balaban J connectivity index is 3.26. The van der Waals surface area contributed by atoms with Gasteiger partial charge in [0.2, 0.25) is 5.78 Å². The van der Waals surface area contributed by atoms with Gasteiger partial charge in [-0.05, 0) is 56.4 Å². The third kappa shape index (κ3) is 5.74. The normalized spacial score (nSPS) is 13.4. The van der Waals surface area contributed by atoms with Crippen LogP contribution in [-0.4, -0.2) is 35.1 Å². The van der Waals surface area contributed by atoms with Crippen molar-refractivity contribution < 1.29 is 28.2 Å². The predicted octanol–water partition coefficient (Wildman–Crippen LogP) is 2.95. The zero-order valence-corrected chi connectivity index (χ0v) is 16.5. The quantitative estimate of drug-likeness (QED) is 0.123. The molecule has 0 aliphatic heterocycles. The molecule has 0 radical (unpaired) electrons. The summed E-state index contributed by atoms with van der Waals surface area (Å²) in [6.45, 7) is 6.33. The Hall–Kier alpha value is -1.55. The molecular formula is C17H20F2INO4. The van der Waals surface area contributed by atoms with E-state index in [1.165, 1.54) is 0 Å². The van der Waals surface area contributed by atoms with E-state index in [2.05, 4.69) is 5.32 Å². The predicted molar refractivity (Wildman–Crippen MR) is 97.0 cm³/mol. The van der Waals surface area contributed by atoms with Crippen LogP contribution in [0.1, 0.15) is 38.1 Å². The van der Waals surface area contributed by atoms with Crippen LogP contribution in [0, 0.1) is 15.2 Å². The fourth-order valence-corrected chi connectivity index (χ4v) is 2.15. The molecule has 0 heterocycles. The molecule has 1 atom stereocenters. The van der Waals surface area contributed by atoms with E-state index >= 15 is 0 Å². The van der Waals surface area contributed by atoms with E-state index in [0.717, 1.165) is 12.3 Å². The summed E-state index contributed by atoms with van der Waals surface area (Å²) in [5, 5.41) is 12.6. The van der Waals surface area contributed by atoms with Gasteiger partial charge in [-0.2, -0.15) is 0 Å². The molecule has 0 amide bonds. The summed E-state index contributed by atoms with van der Waals surface area (Å²) in [6, 6.07) is 1.10. The number of ketones is 1. The third-order valence-corrected chi connectivity index (χ3v) is 4.36. The second kappa shape index (κ2) is 8.70. The van der Waals surface area contributed by atoms with Crippen molar-refractivity contribution in [2.24, 2.45) is 0 Å². The second-order valence-corrected chi connectivity index (χ2v) is 7.06. The molecule has 0 aliphatic rings. The van der Waals surface area contributed by atoms with Crippen molar-refractivity contribution in [2.45, 2.75) is 39.3 Å². The molecule has 25 heavy (non-hydrogen) atoms. The van der Waals surface area contributed by atoms with E-state index in [-0.39, 0.29) is 10.2 Å². The maximum Gasteiger partial charge on any atom is 0.343 e. The number of halogens is 3. The van der Waals surface area contributed by atoms with E-state index in [0.29, 0.717) is 6.07 Å². The highest BCUT2D eigenvalue weighted by Gasteiger charge is 2.27. The summed E-state index contributed by atoms with van der Waals surface area (Å²) < 4.78 is 32.2. The lowest BCUT2D eigenvalue weighted by Gasteiger charge is -2.26. The Morgan fingerprint density at radius 2 is 1.96 bits per heavy atom. The van der Waals surface area contributed by atoms with Crippen LogP contribution in [0.25, 0.3) is 0 Å². The summed E-state index contributed by atoms with van der Waals surface area (Å²) in [5.41, 5.74) is -2.02. The van der Waals surface area contributed by atoms with Gasteiger partial charge in [0.15, 0.2) is 0 Å². The Morgan fingerprint density at radius 3 is 2.48 bits per heavy atom. The number of aliphatic hydroxyl groups is 1. The van der Waals surface area contributed by atoms with Crippen LogP contribution in [0.2, 0.25) is 0 Å². The lowest BCUT2D eigenvalue weighted by atomic mass is 10.00. The largest absolute Gasteiger partial charge is 0.462 e. The number of hydrogen-bond acceptors (Lipinski definition) is 5. The summed E-state index contributed by atoms with van der Waals surface area (Å²) in [4.78, 5) is 24.6. The lowest BCUT2D eigenvalue weighted by Crippen LogP contribution is -2.42. The molecule has 8 heteroatoms. The molecule has 0 unspecified atom stereocenters. The second-order valence-electron chi connectivity index (χ2n) is 5.90. The van der Waals surface area contributed by atoms with Crippen molar-refractivity contribution in [3.05, 3.63) is 44.7 Å². The van der Waals surface area contributed by atoms with Gasteiger partial charge in [-0.15, -0.1) is 0 Å². The molecule has 0 saturated heterocycles. The van der Waals surface area contributed by atoms with Crippen LogP contribution >= 0.6 is 22.6 Å². The first-order valence-corrected chi connectivity index (χ1v) is 8.61. The zero-order valence-electron chi connectivity index (χ0n) is 14.3. The Kier molecular flexibility index (Phi) is 7.48. The van der Waals surface area contributed by atoms with Gasteiger partial charge in [-0.1, -0.05) is 0 Å². The first-order valence-electron chi connectivity index (χ1n) is 7.54. The minimum Gasteiger partial charge on any atom is -0.462 e. The Morgan fingerprint density at radius 1 is 1.36 bits per heavy atom. The van der Waals surface area contributed by atoms with Crippen molar-refractivity contribution in [1.82, 2.24) is 5.32 Å². The molecule has 1 aromatic rings. The van der Waals surface area contributed by atoms with Gasteiger partial charge < -0.3 is 15.2 Å². The minimum atomic E-state index is -1.13. The number of carbonyl (C=O) groups is 2. The van der Waals surface area contributed by atoms with E-state index in [4.69, 9.17) is 4.74 Å². The fourth-order valence-electron chi connectivity index (χ4n) is 1.68. The van der Waals surface area contributed by atoms with Gasteiger partial charge in [0.05, 0.1) is 23.8 Å². The van der Waals surface area contributed by atoms with Crippen LogP contribution in [0.15, 0.2) is 23.9 Å². The molecule has 0 saturated carbocycles. The summed E-state index contributed by atoms with van der Waals surface area (Å²) in [7, 11) is 0. The van der Waals surface area contributed by atoms with Gasteiger partial charge in [0.25, 0.3) is 0 Å². The highest BCUT2D eigenvalue weighted by molar-refractivity contribution is 14.1. The molecule has 1 aromatic carbocycles. The van der Waals surface area contributed by atoms with Crippen molar-refractivity contribution in [3.8, 4) is 0 Å². The van der Waals surface area contributed by atoms with Crippen LogP contribution in [0.5, 0.6) is 0 Å². The van der Waals surface area contributed by atoms with Gasteiger partial charge in [-0.3, -0.25) is 4.79 Å². The Labute approximate surface area is 158 Å². The number of carbonyl (C=O) groups excluding carboxylic acids is 2. The van der Waals surface area contributed by atoms with Crippen molar-refractivity contribution in [1.29, 1.82) is 0 Å². The molecule has 0 spiro atoms. The SMILES string of the molecule is CCOC(=O)/C(=C\N[C@H](C)C(C)(C)O)C(=O)c1cc(I)c(F)cc1F. The summed E-state index contributed by atoms with van der Waals surface area (Å²) >= 11 is 1.62. The monoisotopic (exact) mass is 467 g/mol. The van der Waals surface area contributed by atoms with Gasteiger partial charge in [0, 0.05) is 15.8 Å². The first-order chi connectivity index (χ1) is 11.5. The van der Waals surface area contributed by atoms with Crippen LogP contribution in [0.4, 0.5) is 8.78 Å². The fraction of sp³-hybridized carbons (Fsp3) is 0.412. The smallest absolute Gasteiger partial charge is 0.343 e. The number of ether oxygens (including phenoxy) is 1. The number of nitrogens with one attached hydrogen (secondary N) is 1. The van der Waals surface area contributed by atoms with Crippen molar-refractivity contribution in [3.63, 3.8) is 0 Å². The lowest BCUT2D eigenvalue weighted by molar-refractivity contribution is -0.138. The van der Waals surface area contributed by atoms with Crippen molar-refractivity contribution in [2.75, 3.05) is 6.61 Å². The molecule has 0 aromatic heterocycles. The van der Waals surface area contributed by atoms with Gasteiger partial charge in [-0.25, -0.2) is 13.6 Å². The highest BCUT2D eigenvalue weighted by Crippen LogP contribution is 2.20. The summed E-state index contributed by atoms with van der Waals surface area (Å²) in [5.74, 6) is -3.76. The maximum atomic E-state index is 14.0. The zero-order chi connectivity index (χ0) is 19.4. The summed E-state index contributed by atoms with van der Waals surface area (Å²) in [6.07, 6.45) is 1.08. The maximum absolute atomic E-state index is 14.0. The number of Topliss-reactive ketones (excluding diaryl/α,β-unsaturated/α-hetero) is 1. The number of benzene rings is 1. The van der Waals surface area contributed by atoms with Crippen LogP contribution < -0.4 is 5.32 Å². The van der Waals surface area contributed by atoms with Gasteiger partial charge >= 0.3 is 5.97 Å². The third-order valence-electron chi connectivity index (χ3n) is 3.53. The Bertz CT molecular complexity index is 699. The molecule has 2 N–H and O–H groups in total. The highest BCUT2D eigenvalue weighted by atomic mass is 127. The molecule has 0 bridgehead atoms. The standard InChI is InChI=1S/C17H20F2INO4/c1-5-25-16(23)11(8-21-9(2)17(3,4)24)15(22)10-6-14(20)13(19)7-12(10)18/h6-9,21,24H,5H2,1-4H3/b11-8-/t9-/m1/s1. The van der Waals surface area contributed by atoms with Crippen molar-refractivity contribution >= 4 is 34.3 Å². The first kappa shape index (κ1) is 21.5. The van der Waals surface area contributed by atoms with E-state index in [1.807, 2.05) is 0 Å². The van der Waals surface area contributed by atoms with Gasteiger partial charge in [0.1, 0.15) is 17.2 Å². The average Bonchev–Trinajstić information content (AvgIpc) is 2.50. The minimum absolute atomic E-state index is 0.0218. The topological polar surface area (TPSA) is 75.6 Å². The number of rotatable bonds is 7. The van der Waals surface area contributed by atoms with E-state index in [1.54, 1.807) is 50.3 Å². The molecule has 5 nitrogen and oxygen atoms in total. The molecule has 1 rings (SSSR count). The van der Waals surface area contributed by atoms with Crippen LogP contribution in [-0.2, 0) is 9.53 Å².